The van der Waals surface area contributed by atoms with Crippen LogP contribution in [0.4, 0.5) is 5.69 Å². The van der Waals surface area contributed by atoms with E-state index in [1.54, 1.807) is 55.6 Å². The Morgan fingerprint density at radius 1 is 0.932 bits per heavy atom. The number of anilines is 1. The number of ether oxygens (including phenoxy) is 3. The lowest BCUT2D eigenvalue weighted by molar-refractivity contribution is -0.121. The van der Waals surface area contributed by atoms with Crippen LogP contribution in [-0.4, -0.2) is 54.6 Å². The lowest BCUT2D eigenvalue weighted by Crippen LogP contribution is -2.31. The Labute approximate surface area is 257 Å². The second-order valence-electron chi connectivity index (χ2n) is 9.55. The highest BCUT2D eigenvalue weighted by Crippen LogP contribution is 2.36. The van der Waals surface area contributed by atoms with Crippen LogP contribution in [0.1, 0.15) is 32.7 Å². The largest absolute Gasteiger partial charge is 0.497 e. The normalized spacial score (nSPS) is 14.2. The Morgan fingerprint density at radius 2 is 1.66 bits per heavy atom. The molecule has 1 aromatic heterocycles. The Balaban J connectivity index is 1.25. The van der Waals surface area contributed by atoms with E-state index in [9.17, 15) is 24.4 Å². The summed E-state index contributed by atoms with van der Waals surface area (Å²) in [6.45, 7) is -0.464. The van der Waals surface area contributed by atoms with Gasteiger partial charge in [0.25, 0.3) is 0 Å². The van der Waals surface area contributed by atoms with E-state index in [4.69, 9.17) is 14.2 Å². The zero-order chi connectivity index (χ0) is 31.2. The molecule has 0 saturated carbocycles. The maximum absolute atomic E-state index is 13.3. The van der Waals surface area contributed by atoms with Crippen molar-refractivity contribution in [2.75, 3.05) is 25.7 Å². The molecule has 0 bridgehead atoms. The highest BCUT2D eigenvalue weighted by atomic mass is 32.2. The summed E-state index contributed by atoms with van der Waals surface area (Å²) >= 11 is 1.06. The smallest absolute Gasteiger partial charge is 0.338 e. The van der Waals surface area contributed by atoms with Gasteiger partial charge in [-0.3, -0.25) is 14.4 Å². The molecule has 1 saturated heterocycles. The molecule has 10 nitrogen and oxygen atoms in total. The summed E-state index contributed by atoms with van der Waals surface area (Å²) in [6, 6.07) is 25.0. The molecule has 5 rings (SSSR count). The van der Waals surface area contributed by atoms with Gasteiger partial charge in [-0.25, -0.2) is 14.7 Å². The number of pyridine rings is 1. The summed E-state index contributed by atoms with van der Waals surface area (Å²) in [5.41, 5.74) is 2.48. The quantitative estimate of drug-likeness (QED) is 0.136. The highest BCUT2D eigenvalue weighted by molar-refractivity contribution is 8.00. The lowest BCUT2D eigenvalue weighted by Gasteiger charge is -2.15. The number of benzene rings is 3. The zero-order valence-electron chi connectivity index (χ0n) is 23.7. The van der Waals surface area contributed by atoms with Crippen molar-refractivity contribution in [1.29, 1.82) is 5.26 Å². The third-order valence-corrected chi connectivity index (χ3v) is 8.00. The molecule has 1 aliphatic rings. The summed E-state index contributed by atoms with van der Waals surface area (Å²) in [7, 11) is 3.06. The van der Waals surface area contributed by atoms with Crippen molar-refractivity contribution in [2.45, 2.75) is 16.7 Å². The van der Waals surface area contributed by atoms with Crippen LogP contribution in [0.2, 0.25) is 0 Å². The molecule has 1 atom stereocenters. The van der Waals surface area contributed by atoms with Crippen molar-refractivity contribution in [3.63, 3.8) is 0 Å². The SMILES string of the molecule is COc1ccc(-c2ccc(C#N)c(SC3CC(=O)N(c4ccc(C(=O)OCC(=O)c5cccc(OC)c5)cc4)C3=O)n2)cc1. The molecule has 1 aliphatic heterocycles. The van der Waals surface area contributed by atoms with Crippen LogP contribution in [-0.2, 0) is 14.3 Å². The zero-order valence-corrected chi connectivity index (χ0v) is 24.5. The fourth-order valence-electron chi connectivity index (χ4n) is 4.48. The minimum atomic E-state index is -0.791. The van der Waals surface area contributed by atoms with Crippen LogP contribution >= 0.6 is 11.8 Å². The van der Waals surface area contributed by atoms with Crippen LogP contribution in [0.5, 0.6) is 11.5 Å². The van der Waals surface area contributed by atoms with Gasteiger partial charge in [-0.05, 0) is 72.8 Å². The molecule has 0 spiro atoms. The number of Topliss-reactive ketones (excluding diaryl/α,β-unsaturated/α-hetero) is 1. The summed E-state index contributed by atoms with van der Waals surface area (Å²) in [6.07, 6.45) is -0.0843. The number of methoxy groups -OCH3 is 2. The van der Waals surface area contributed by atoms with E-state index in [1.165, 1.54) is 31.4 Å². The number of nitriles is 1. The fourth-order valence-corrected chi connectivity index (χ4v) is 5.57. The Kier molecular flexibility index (Phi) is 9.02. The van der Waals surface area contributed by atoms with E-state index in [-0.39, 0.29) is 17.7 Å². The molecule has 2 amide bonds. The van der Waals surface area contributed by atoms with Gasteiger partial charge in [0, 0.05) is 17.5 Å². The Morgan fingerprint density at radius 3 is 2.34 bits per heavy atom. The number of nitrogens with zero attached hydrogens (tertiary/aromatic N) is 3. The van der Waals surface area contributed by atoms with E-state index in [1.807, 2.05) is 12.1 Å². The number of ketones is 1. The molecule has 2 heterocycles. The summed E-state index contributed by atoms with van der Waals surface area (Å²) in [5, 5.41) is 9.20. The number of amides is 2. The van der Waals surface area contributed by atoms with Crippen LogP contribution in [0.3, 0.4) is 0 Å². The van der Waals surface area contributed by atoms with Crippen molar-refractivity contribution in [3.8, 4) is 28.8 Å². The average molecular weight is 608 g/mol. The molecule has 44 heavy (non-hydrogen) atoms. The molecular formula is C33H25N3O7S. The number of imide groups is 1. The maximum atomic E-state index is 13.3. The first-order valence-corrected chi connectivity index (χ1v) is 14.2. The molecule has 3 aromatic carbocycles. The molecular weight excluding hydrogens is 582 g/mol. The molecule has 0 radical (unpaired) electrons. The standard InChI is InChI=1S/C33H25N3O7S/c1-41-25-13-8-20(9-14-25)27-15-10-23(18-34)31(35-27)44-29-17-30(38)36(32(29)39)24-11-6-21(7-12-24)33(40)43-19-28(37)22-4-3-5-26(16-22)42-2/h3-16,29H,17,19H2,1-2H3. The number of thioether (sulfide) groups is 1. The molecule has 0 aliphatic carbocycles. The number of carbonyl (C=O) groups excluding carboxylic acids is 4. The van der Waals surface area contributed by atoms with Crippen molar-refractivity contribution in [2.24, 2.45) is 0 Å². The van der Waals surface area contributed by atoms with Gasteiger partial charge in [-0.1, -0.05) is 23.9 Å². The van der Waals surface area contributed by atoms with Crippen LogP contribution < -0.4 is 14.4 Å². The van der Waals surface area contributed by atoms with Gasteiger partial charge in [0.1, 0.15) is 22.6 Å². The van der Waals surface area contributed by atoms with E-state index in [0.29, 0.717) is 33.3 Å². The highest BCUT2D eigenvalue weighted by Gasteiger charge is 2.41. The van der Waals surface area contributed by atoms with Crippen LogP contribution in [0.25, 0.3) is 11.3 Å². The monoisotopic (exact) mass is 607 g/mol. The second-order valence-corrected chi connectivity index (χ2v) is 10.7. The number of hydrogen-bond donors (Lipinski definition) is 0. The van der Waals surface area contributed by atoms with Gasteiger partial charge in [-0.15, -0.1) is 0 Å². The number of rotatable bonds is 10. The maximum Gasteiger partial charge on any atom is 0.338 e. The third-order valence-electron chi connectivity index (χ3n) is 6.81. The molecule has 1 fully saturated rings. The Hall–Kier alpha value is -5.47. The summed E-state index contributed by atoms with van der Waals surface area (Å²) in [4.78, 5) is 56.9. The summed E-state index contributed by atoms with van der Waals surface area (Å²) in [5.74, 6) is -0.803. The van der Waals surface area contributed by atoms with Crippen LogP contribution in [0.15, 0.2) is 90.0 Å². The topological polar surface area (TPSA) is 136 Å². The van der Waals surface area contributed by atoms with E-state index in [2.05, 4.69) is 11.1 Å². The molecule has 1 unspecified atom stereocenters. The van der Waals surface area contributed by atoms with Crippen molar-refractivity contribution < 1.29 is 33.4 Å². The van der Waals surface area contributed by atoms with Crippen LogP contribution in [0, 0.1) is 11.3 Å². The van der Waals surface area contributed by atoms with Crippen molar-refractivity contribution in [3.05, 3.63) is 102 Å². The molecule has 220 valence electrons. The number of carbonyl (C=O) groups is 4. The first kappa shape index (κ1) is 30.0. The van der Waals surface area contributed by atoms with E-state index < -0.39 is 35.4 Å². The van der Waals surface area contributed by atoms with Crippen molar-refractivity contribution >= 4 is 41.0 Å². The van der Waals surface area contributed by atoms with Crippen molar-refractivity contribution in [1.82, 2.24) is 4.98 Å². The molecule has 4 aromatic rings. The predicted molar refractivity (Wildman–Crippen MR) is 162 cm³/mol. The van der Waals surface area contributed by atoms with Gasteiger partial charge in [0.05, 0.1) is 42.0 Å². The number of aromatic nitrogens is 1. The lowest BCUT2D eigenvalue weighted by atomic mass is 10.1. The number of hydrogen-bond acceptors (Lipinski definition) is 10. The van der Waals surface area contributed by atoms with E-state index in [0.717, 1.165) is 22.2 Å². The first-order valence-electron chi connectivity index (χ1n) is 13.3. The third kappa shape index (κ3) is 6.45. The first-order chi connectivity index (χ1) is 21.3. The van der Waals surface area contributed by atoms with Gasteiger partial charge < -0.3 is 14.2 Å². The Bertz CT molecular complexity index is 1780. The minimum Gasteiger partial charge on any atom is -0.497 e. The van der Waals surface area contributed by atoms with Gasteiger partial charge in [-0.2, -0.15) is 5.26 Å². The average Bonchev–Trinajstić information content (AvgIpc) is 3.35. The second kappa shape index (κ2) is 13.2. The summed E-state index contributed by atoms with van der Waals surface area (Å²) < 4.78 is 15.5. The molecule has 0 N–H and O–H groups in total. The predicted octanol–water partition coefficient (Wildman–Crippen LogP) is 5.10. The fraction of sp³-hybridized carbons (Fsp3) is 0.152. The van der Waals surface area contributed by atoms with E-state index >= 15 is 0 Å². The number of esters is 1. The molecule has 11 heteroatoms. The van der Waals surface area contributed by atoms with Gasteiger partial charge >= 0.3 is 5.97 Å². The van der Waals surface area contributed by atoms with Gasteiger partial charge in [0.2, 0.25) is 11.8 Å². The van der Waals surface area contributed by atoms with Gasteiger partial charge in [0.15, 0.2) is 12.4 Å². The minimum absolute atomic E-state index is 0.0843.